The molecule has 0 saturated heterocycles. The number of benzene rings is 2. The van der Waals surface area contributed by atoms with Gasteiger partial charge in [-0.1, -0.05) is 86.6 Å². The Morgan fingerprint density at radius 2 is 1.61 bits per heavy atom. The number of thioether (sulfide) groups is 1. The van der Waals surface area contributed by atoms with Gasteiger partial charge in [0.2, 0.25) is 0 Å². The lowest BCUT2D eigenvalue weighted by molar-refractivity contribution is 0.590. The number of thiazole rings is 1. The van der Waals surface area contributed by atoms with E-state index in [9.17, 15) is 0 Å². The molecular formula is C25H28N4S2. The van der Waals surface area contributed by atoms with Crippen LogP contribution in [-0.4, -0.2) is 19.7 Å². The highest BCUT2D eigenvalue weighted by molar-refractivity contribution is 7.98. The van der Waals surface area contributed by atoms with Crippen LogP contribution in [0.1, 0.15) is 44.5 Å². The van der Waals surface area contributed by atoms with Crippen molar-refractivity contribution in [2.45, 2.75) is 57.5 Å². The summed E-state index contributed by atoms with van der Waals surface area (Å²) in [5.41, 5.74) is 6.07. The summed E-state index contributed by atoms with van der Waals surface area (Å²) in [5.74, 6) is 1.70. The fraction of sp³-hybridized carbons (Fsp3) is 0.320. The van der Waals surface area contributed by atoms with Gasteiger partial charge >= 0.3 is 0 Å². The van der Waals surface area contributed by atoms with Gasteiger partial charge in [-0.15, -0.1) is 21.5 Å². The van der Waals surface area contributed by atoms with Gasteiger partial charge in [0, 0.05) is 28.8 Å². The van der Waals surface area contributed by atoms with Gasteiger partial charge in [-0.3, -0.25) is 0 Å². The van der Waals surface area contributed by atoms with Crippen LogP contribution in [0.3, 0.4) is 0 Å². The average Bonchev–Trinajstić information content (AvgIpc) is 3.39. The van der Waals surface area contributed by atoms with E-state index in [1.807, 2.05) is 0 Å². The van der Waals surface area contributed by atoms with E-state index in [-0.39, 0.29) is 5.41 Å². The van der Waals surface area contributed by atoms with Crippen molar-refractivity contribution in [3.05, 3.63) is 70.7 Å². The average molecular weight is 449 g/mol. The highest BCUT2D eigenvalue weighted by Gasteiger charge is 2.17. The van der Waals surface area contributed by atoms with E-state index < -0.39 is 0 Å². The van der Waals surface area contributed by atoms with Crippen LogP contribution in [0.25, 0.3) is 22.0 Å². The summed E-state index contributed by atoms with van der Waals surface area (Å²) in [4.78, 5) is 4.82. The molecule has 6 heteroatoms. The SMILES string of the molecule is CCn1c(SCc2csc(-c3ccc(C)cc3)n2)nnc1-c1ccc(C(C)(C)C)cc1. The molecule has 0 aliphatic carbocycles. The second-order valence-corrected chi connectivity index (χ2v) is 10.5. The van der Waals surface area contributed by atoms with Crippen molar-refractivity contribution in [3.63, 3.8) is 0 Å². The fourth-order valence-electron chi connectivity index (χ4n) is 3.35. The molecule has 2 heterocycles. The molecule has 4 aromatic rings. The first kappa shape index (κ1) is 21.8. The molecule has 4 rings (SSSR count). The van der Waals surface area contributed by atoms with E-state index in [1.165, 1.54) is 16.7 Å². The molecule has 2 aromatic heterocycles. The van der Waals surface area contributed by atoms with Gasteiger partial charge in [0.1, 0.15) is 5.01 Å². The van der Waals surface area contributed by atoms with Crippen LogP contribution in [0.15, 0.2) is 59.1 Å². The van der Waals surface area contributed by atoms with Gasteiger partial charge in [-0.25, -0.2) is 4.98 Å². The molecule has 0 radical (unpaired) electrons. The summed E-state index contributed by atoms with van der Waals surface area (Å²) in [5, 5.41) is 13.1. The minimum absolute atomic E-state index is 0.142. The third-order valence-corrected chi connectivity index (χ3v) is 7.18. The molecule has 0 bridgehead atoms. The van der Waals surface area contributed by atoms with E-state index >= 15 is 0 Å². The number of nitrogens with zero attached hydrogens (tertiary/aromatic N) is 4. The number of rotatable bonds is 6. The molecule has 31 heavy (non-hydrogen) atoms. The number of aryl methyl sites for hydroxylation is 1. The normalized spacial score (nSPS) is 11.8. The standard InChI is InChI=1S/C25H28N4S2/c1-6-29-22(18-11-13-20(14-12-18)25(3,4)5)27-28-24(29)31-16-21-15-30-23(26-21)19-9-7-17(2)8-10-19/h7-15H,6,16H2,1-5H3. The Balaban J connectivity index is 1.49. The second-order valence-electron chi connectivity index (χ2n) is 8.68. The Bertz CT molecular complexity index is 1150. The van der Waals surface area contributed by atoms with Gasteiger partial charge in [0.15, 0.2) is 11.0 Å². The first-order valence-corrected chi connectivity index (χ1v) is 12.4. The van der Waals surface area contributed by atoms with Crippen molar-refractivity contribution in [3.8, 4) is 22.0 Å². The highest BCUT2D eigenvalue weighted by Crippen LogP contribution is 2.30. The third kappa shape index (κ3) is 4.91. The van der Waals surface area contributed by atoms with Crippen molar-refractivity contribution in [1.29, 1.82) is 0 Å². The van der Waals surface area contributed by atoms with Crippen molar-refractivity contribution >= 4 is 23.1 Å². The molecule has 0 amide bonds. The van der Waals surface area contributed by atoms with Gasteiger partial charge in [-0.2, -0.15) is 0 Å². The summed E-state index contributed by atoms with van der Waals surface area (Å²) in [6.45, 7) is 11.8. The van der Waals surface area contributed by atoms with Crippen molar-refractivity contribution < 1.29 is 0 Å². The smallest absolute Gasteiger partial charge is 0.191 e. The van der Waals surface area contributed by atoms with E-state index in [2.05, 4.69) is 103 Å². The lowest BCUT2D eigenvalue weighted by atomic mass is 9.87. The molecule has 0 saturated carbocycles. The van der Waals surface area contributed by atoms with Crippen LogP contribution >= 0.6 is 23.1 Å². The van der Waals surface area contributed by atoms with Gasteiger partial charge in [0.05, 0.1) is 5.69 Å². The minimum Gasteiger partial charge on any atom is -0.302 e. The first-order chi connectivity index (χ1) is 14.8. The molecule has 0 aliphatic rings. The Kier molecular flexibility index (Phi) is 6.30. The summed E-state index contributed by atoms with van der Waals surface area (Å²) < 4.78 is 2.18. The summed E-state index contributed by atoms with van der Waals surface area (Å²) >= 11 is 3.38. The Morgan fingerprint density at radius 3 is 2.26 bits per heavy atom. The third-order valence-electron chi connectivity index (χ3n) is 5.24. The van der Waals surface area contributed by atoms with Crippen molar-refractivity contribution in [1.82, 2.24) is 19.7 Å². The monoisotopic (exact) mass is 448 g/mol. The largest absolute Gasteiger partial charge is 0.302 e. The highest BCUT2D eigenvalue weighted by atomic mass is 32.2. The fourth-order valence-corrected chi connectivity index (χ4v) is 5.18. The van der Waals surface area contributed by atoms with Gasteiger partial charge in [0.25, 0.3) is 0 Å². The van der Waals surface area contributed by atoms with E-state index in [4.69, 9.17) is 4.98 Å². The zero-order valence-electron chi connectivity index (χ0n) is 18.7. The maximum absolute atomic E-state index is 4.82. The van der Waals surface area contributed by atoms with Crippen LogP contribution in [-0.2, 0) is 17.7 Å². The summed E-state index contributed by atoms with van der Waals surface area (Å²) in [7, 11) is 0. The van der Waals surface area contributed by atoms with E-state index in [1.54, 1.807) is 23.1 Å². The number of hydrogen-bond acceptors (Lipinski definition) is 5. The lowest BCUT2D eigenvalue weighted by Gasteiger charge is -2.19. The predicted molar refractivity (Wildman–Crippen MR) is 132 cm³/mol. The summed E-state index contributed by atoms with van der Waals surface area (Å²) in [6, 6.07) is 17.2. The van der Waals surface area contributed by atoms with Gasteiger partial charge < -0.3 is 4.57 Å². The first-order valence-electron chi connectivity index (χ1n) is 10.5. The molecule has 0 N–H and O–H groups in total. The Morgan fingerprint density at radius 1 is 0.935 bits per heavy atom. The van der Waals surface area contributed by atoms with Gasteiger partial charge in [-0.05, 0) is 24.8 Å². The summed E-state index contributed by atoms with van der Waals surface area (Å²) in [6.07, 6.45) is 0. The Labute approximate surface area is 192 Å². The van der Waals surface area contributed by atoms with Crippen LogP contribution in [0.4, 0.5) is 0 Å². The molecule has 2 aromatic carbocycles. The maximum atomic E-state index is 4.82. The molecule has 160 valence electrons. The molecule has 0 unspecified atom stereocenters. The maximum Gasteiger partial charge on any atom is 0.191 e. The van der Waals surface area contributed by atoms with E-state index in [0.717, 1.165) is 39.5 Å². The number of aromatic nitrogens is 4. The minimum atomic E-state index is 0.142. The zero-order chi connectivity index (χ0) is 22.0. The van der Waals surface area contributed by atoms with Crippen LogP contribution < -0.4 is 0 Å². The van der Waals surface area contributed by atoms with Crippen molar-refractivity contribution in [2.24, 2.45) is 0 Å². The van der Waals surface area contributed by atoms with Crippen molar-refractivity contribution in [2.75, 3.05) is 0 Å². The topological polar surface area (TPSA) is 43.6 Å². The Hall–Kier alpha value is -2.44. The molecule has 4 nitrogen and oxygen atoms in total. The molecule has 0 fully saturated rings. The molecule has 0 atom stereocenters. The molecule has 0 spiro atoms. The lowest BCUT2D eigenvalue weighted by Crippen LogP contribution is -2.10. The second kappa shape index (κ2) is 8.97. The number of hydrogen-bond donors (Lipinski definition) is 0. The molecular weight excluding hydrogens is 420 g/mol. The predicted octanol–water partition coefficient (Wildman–Crippen LogP) is 6.99. The zero-order valence-corrected chi connectivity index (χ0v) is 20.3. The van der Waals surface area contributed by atoms with E-state index in [0.29, 0.717) is 0 Å². The quantitative estimate of drug-likeness (QED) is 0.298. The van der Waals surface area contributed by atoms with Crippen LogP contribution in [0, 0.1) is 6.92 Å². The van der Waals surface area contributed by atoms with Crippen LogP contribution in [0.2, 0.25) is 0 Å². The molecule has 0 aliphatic heterocycles. The van der Waals surface area contributed by atoms with Crippen LogP contribution in [0.5, 0.6) is 0 Å².